The van der Waals surface area contributed by atoms with Crippen molar-refractivity contribution in [3.05, 3.63) is 0 Å². The normalized spacial score (nSPS) is 50.2. The Morgan fingerprint density at radius 2 is 0.938 bits per heavy atom. The van der Waals surface area contributed by atoms with E-state index in [1.165, 1.54) is 25.7 Å². The molecule has 2 aliphatic rings. The molecule has 2 N–H and O–H groups in total. The molecule has 16 heavy (non-hydrogen) atoms. The van der Waals surface area contributed by atoms with Crippen LogP contribution in [0.3, 0.4) is 0 Å². The van der Waals surface area contributed by atoms with E-state index in [0.29, 0.717) is 0 Å². The Kier molecular flexibility index (Phi) is 3.33. The Hall–Kier alpha value is -0.0800. The summed E-state index contributed by atoms with van der Waals surface area (Å²) in [6.07, 6.45) is 8.57. The van der Waals surface area contributed by atoms with Gasteiger partial charge in [0, 0.05) is 0 Å². The van der Waals surface area contributed by atoms with Crippen molar-refractivity contribution < 1.29 is 10.2 Å². The highest BCUT2D eigenvalue weighted by molar-refractivity contribution is 4.89. The van der Waals surface area contributed by atoms with Crippen molar-refractivity contribution in [2.24, 2.45) is 11.8 Å². The SMILES string of the molecule is CC1(O)CCC(C2CCC(C)(O)CC2)CC1. The minimum absolute atomic E-state index is 0.406. The Bertz CT molecular complexity index is 199. The maximum atomic E-state index is 9.93. The first-order chi connectivity index (χ1) is 7.38. The lowest BCUT2D eigenvalue weighted by Crippen LogP contribution is -2.37. The van der Waals surface area contributed by atoms with Crippen molar-refractivity contribution in [3.63, 3.8) is 0 Å². The second-order valence-corrected chi connectivity index (χ2v) is 6.67. The number of rotatable bonds is 1. The summed E-state index contributed by atoms with van der Waals surface area (Å²) in [5.74, 6) is 1.60. The Labute approximate surface area is 99.1 Å². The summed E-state index contributed by atoms with van der Waals surface area (Å²) in [4.78, 5) is 0. The standard InChI is InChI=1S/C14H26O2/c1-13(15)7-3-11(4-8-13)12-5-9-14(2,16)10-6-12/h11-12,15-16H,3-10H2,1-2H3. The molecule has 0 atom stereocenters. The van der Waals surface area contributed by atoms with Crippen LogP contribution in [0.1, 0.15) is 65.2 Å². The molecular weight excluding hydrogens is 200 g/mol. The van der Waals surface area contributed by atoms with Gasteiger partial charge in [0.05, 0.1) is 11.2 Å². The molecule has 2 saturated carbocycles. The lowest BCUT2D eigenvalue weighted by atomic mass is 9.68. The van der Waals surface area contributed by atoms with E-state index in [9.17, 15) is 10.2 Å². The van der Waals surface area contributed by atoms with Gasteiger partial charge in [-0.25, -0.2) is 0 Å². The molecule has 0 aromatic carbocycles. The van der Waals surface area contributed by atoms with Gasteiger partial charge in [0.1, 0.15) is 0 Å². The molecule has 2 fully saturated rings. The maximum Gasteiger partial charge on any atom is 0.0620 e. The van der Waals surface area contributed by atoms with E-state index in [-0.39, 0.29) is 0 Å². The van der Waals surface area contributed by atoms with E-state index in [0.717, 1.165) is 37.5 Å². The van der Waals surface area contributed by atoms with E-state index in [2.05, 4.69) is 0 Å². The first-order valence-corrected chi connectivity index (χ1v) is 6.83. The van der Waals surface area contributed by atoms with Gasteiger partial charge in [-0.15, -0.1) is 0 Å². The first kappa shape index (κ1) is 12.4. The molecule has 0 unspecified atom stereocenters. The van der Waals surface area contributed by atoms with Gasteiger partial charge < -0.3 is 10.2 Å². The predicted octanol–water partition coefficient (Wildman–Crippen LogP) is 2.87. The topological polar surface area (TPSA) is 40.5 Å². The molecule has 2 heteroatoms. The van der Waals surface area contributed by atoms with Crippen molar-refractivity contribution in [1.29, 1.82) is 0 Å². The van der Waals surface area contributed by atoms with Gasteiger partial charge in [0.2, 0.25) is 0 Å². The van der Waals surface area contributed by atoms with Crippen LogP contribution in [0, 0.1) is 11.8 Å². The van der Waals surface area contributed by atoms with Gasteiger partial charge in [-0.3, -0.25) is 0 Å². The summed E-state index contributed by atoms with van der Waals surface area (Å²) in [5.41, 5.74) is -0.812. The molecule has 0 heterocycles. The summed E-state index contributed by atoms with van der Waals surface area (Å²) in [6, 6.07) is 0. The lowest BCUT2D eigenvalue weighted by molar-refractivity contribution is -0.0287. The van der Waals surface area contributed by atoms with Crippen LogP contribution >= 0.6 is 0 Å². The third-order valence-electron chi connectivity index (χ3n) is 4.88. The molecule has 0 aliphatic heterocycles. The predicted molar refractivity (Wildman–Crippen MR) is 65.2 cm³/mol. The monoisotopic (exact) mass is 226 g/mol. The molecule has 0 spiro atoms. The number of hydrogen-bond donors (Lipinski definition) is 2. The summed E-state index contributed by atoms with van der Waals surface area (Å²) >= 11 is 0. The molecule has 2 nitrogen and oxygen atoms in total. The summed E-state index contributed by atoms with van der Waals surface area (Å²) < 4.78 is 0. The lowest BCUT2D eigenvalue weighted by Gasteiger charge is -2.41. The van der Waals surface area contributed by atoms with E-state index < -0.39 is 11.2 Å². The summed E-state index contributed by atoms with van der Waals surface area (Å²) in [6.45, 7) is 3.93. The third-order valence-corrected chi connectivity index (χ3v) is 4.88. The average molecular weight is 226 g/mol. The fourth-order valence-corrected chi connectivity index (χ4v) is 3.47. The van der Waals surface area contributed by atoms with Gasteiger partial charge in [0.15, 0.2) is 0 Å². The molecule has 94 valence electrons. The fraction of sp³-hybridized carbons (Fsp3) is 1.00. The Morgan fingerprint density at radius 3 is 1.19 bits per heavy atom. The zero-order chi connectivity index (χ0) is 11.8. The molecular formula is C14H26O2. The van der Waals surface area contributed by atoms with Crippen LogP contribution in [0.4, 0.5) is 0 Å². The molecule has 0 aromatic rings. The van der Waals surface area contributed by atoms with Gasteiger partial charge in [0.25, 0.3) is 0 Å². The summed E-state index contributed by atoms with van der Waals surface area (Å²) in [7, 11) is 0. The molecule has 0 amide bonds. The largest absolute Gasteiger partial charge is 0.390 e. The van der Waals surface area contributed by atoms with E-state index >= 15 is 0 Å². The Morgan fingerprint density at radius 1 is 0.688 bits per heavy atom. The zero-order valence-electron chi connectivity index (χ0n) is 10.7. The van der Waals surface area contributed by atoms with Crippen molar-refractivity contribution in [2.75, 3.05) is 0 Å². The van der Waals surface area contributed by atoms with Crippen LogP contribution < -0.4 is 0 Å². The molecule has 2 aliphatic carbocycles. The van der Waals surface area contributed by atoms with E-state index in [1.54, 1.807) is 0 Å². The quantitative estimate of drug-likeness (QED) is 0.722. The van der Waals surface area contributed by atoms with Crippen LogP contribution in [0.5, 0.6) is 0 Å². The smallest absolute Gasteiger partial charge is 0.0620 e. The minimum atomic E-state index is -0.406. The average Bonchev–Trinajstić information content (AvgIpc) is 2.19. The molecule has 0 saturated heterocycles. The Balaban J connectivity index is 1.82. The van der Waals surface area contributed by atoms with Crippen LogP contribution in [0.25, 0.3) is 0 Å². The fourth-order valence-electron chi connectivity index (χ4n) is 3.47. The van der Waals surface area contributed by atoms with E-state index in [4.69, 9.17) is 0 Å². The van der Waals surface area contributed by atoms with Gasteiger partial charge in [-0.05, 0) is 77.0 Å². The van der Waals surface area contributed by atoms with Crippen molar-refractivity contribution in [1.82, 2.24) is 0 Å². The number of aliphatic hydroxyl groups is 2. The van der Waals surface area contributed by atoms with Crippen molar-refractivity contribution in [3.8, 4) is 0 Å². The summed E-state index contributed by atoms with van der Waals surface area (Å²) in [5, 5.41) is 19.9. The molecule has 0 radical (unpaired) electrons. The van der Waals surface area contributed by atoms with Crippen molar-refractivity contribution >= 4 is 0 Å². The van der Waals surface area contributed by atoms with Gasteiger partial charge >= 0.3 is 0 Å². The van der Waals surface area contributed by atoms with E-state index in [1.807, 2.05) is 13.8 Å². The zero-order valence-corrected chi connectivity index (χ0v) is 10.7. The molecule has 0 bridgehead atoms. The van der Waals surface area contributed by atoms with Crippen LogP contribution in [0.15, 0.2) is 0 Å². The molecule has 2 rings (SSSR count). The highest BCUT2D eigenvalue weighted by atomic mass is 16.3. The van der Waals surface area contributed by atoms with Crippen LogP contribution in [0.2, 0.25) is 0 Å². The first-order valence-electron chi connectivity index (χ1n) is 6.83. The minimum Gasteiger partial charge on any atom is -0.390 e. The maximum absolute atomic E-state index is 9.93. The second-order valence-electron chi connectivity index (χ2n) is 6.67. The van der Waals surface area contributed by atoms with Gasteiger partial charge in [-0.2, -0.15) is 0 Å². The third kappa shape index (κ3) is 2.98. The molecule has 0 aromatic heterocycles. The van der Waals surface area contributed by atoms with Gasteiger partial charge in [-0.1, -0.05) is 0 Å². The van der Waals surface area contributed by atoms with Crippen molar-refractivity contribution in [2.45, 2.75) is 76.4 Å². The van der Waals surface area contributed by atoms with Crippen LogP contribution in [-0.2, 0) is 0 Å². The second kappa shape index (κ2) is 4.30. The highest BCUT2D eigenvalue weighted by Crippen LogP contribution is 2.43. The van der Waals surface area contributed by atoms with Crippen LogP contribution in [-0.4, -0.2) is 21.4 Å². The highest BCUT2D eigenvalue weighted by Gasteiger charge is 2.36. The number of hydrogen-bond acceptors (Lipinski definition) is 2.